The Bertz CT molecular complexity index is 814. The molecule has 0 amide bonds. The Labute approximate surface area is 159 Å². The van der Waals surface area contributed by atoms with E-state index in [9.17, 15) is 19.8 Å². The van der Waals surface area contributed by atoms with Crippen LogP contribution in [0.25, 0.3) is 0 Å². The highest BCUT2D eigenvalue weighted by Crippen LogP contribution is 2.76. The molecule has 0 aromatic rings. The predicted octanol–water partition coefficient (Wildman–Crippen LogP) is 1.96. The molecule has 8 atom stereocenters. The first-order valence-corrected chi connectivity index (χ1v) is 10.1. The van der Waals surface area contributed by atoms with Crippen molar-refractivity contribution in [3.63, 3.8) is 0 Å². The van der Waals surface area contributed by atoms with E-state index in [0.29, 0.717) is 6.42 Å². The molecule has 0 unspecified atom stereocenters. The van der Waals surface area contributed by atoms with E-state index in [4.69, 9.17) is 4.74 Å². The summed E-state index contributed by atoms with van der Waals surface area (Å²) in [5.74, 6) is -0.193. The number of epoxide rings is 1. The molecular weight excluding hydrogens is 344 g/mol. The minimum Gasteiger partial charge on any atom is -0.388 e. The molecule has 0 radical (unpaired) electrons. The Balaban J connectivity index is 1.60. The smallest absolute Gasteiger partial charge is 0.190 e. The van der Waals surface area contributed by atoms with E-state index in [-0.39, 0.29) is 40.7 Å². The third-order valence-electron chi connectivity index (χ3n) is 9.08. The normalized spacial score (nSPS) is 55.1. The van der Waals surface area contributed by atoms with Gasteiger partial charge < -0.3 is 14.9 Å². The number of aliphatic hydroxyl groups excluding tert-OH is 1. The molecule has 3 saturated carbocycles. The van der Waals surface area contributed by atoms with E-state index in [0.717, 1.165) is 24.8 Å². The largest absolute Gasteiger partial charge is 0.388 e. The van der Waals surface area contributed by atoms with Crippen LogP contribution in [0.15, 0.2) is 23.8 Å². The molecule has 5 aliphatic rings. The summed E-state index contributed by atoms with van der Waals surface area (Å²) in [5.41, 5.74) is -1.55. The first-order valence-electron chi connectivity index (χ1n) is 10.1. The van der Waals surface area contributed by atoms with Crippen LogP contribution in [0.1, 0.15) is 46.5 Å². The number of aliphatic hydroxyl groups is 2. The van der Waals surface area contributed by atoms with Crippen LogP contribution in [-0.4, -0.2) is 45.7 Å². The van der Waals surface area contributed by atoms with Gasteiger partial charge in [0.25, 0.3) is 0 Å². The second-order valence-corrected chi connectivity index (χ2v) is 9.86. The summed E-state index contributed by atoms with van der Waals surface area (Å²) < 4.78 is 6.43. The summed E-state index contributed by atoms with van der Waals surface area (Å²) >= 11 is 0. The highest BCUT2D eigenvalue weighted by atomic mass is 16.6. The van der Waals surface area contributed by atoms with Crippen molar-refractivity contribution in [2.45, 2.75) is 63.8 Å². The summed E-state index contributed by atoms with van der Waals surface area (Å²) in [5, 5.41) is 21.0. The van der Waals surface area contributed by atoms with Gasteiger partial charge in [0, 0.05) is 10.8 Å². The van der Waals surface area contributed by atoms with Crippen molar-refractivity contribution in [2.75, 3.05) is 6.61 Å². The van der Waals surface area contributed by atoms with Crippen LogP contribution in [0.3, 0.4) is 0 Å². The Hall–Kier alpha value is -1.30. The summed E-state index contributed by atoms with van der Waals surface area (Å²) in [4.78, 5) is 24.5. The number of ketones is 2. The van der Waals surface area contributed by atoms with E-state index < -0.39 is 23.4 Å². The predicted molar refractivity (Wildman–Crippen MR) is 97.7 cm³/mol. The summed E-state index contributed by atoms with van der Waals surface area (Å²) in [6.07, 6.45) is 8.58. The van der Waals surface area contributed by atoms with Gasteiger partial charge in [0.1, 0.15) is 17.8 Å². The first kappa shape index (κ1) is 17.8. The molecule has 146 valence electrons. The molecule has 2 N–H and O–H groups in total. The van der Waals surface area contributed by atoms with E-state index >= 15 is 0 Å². The molecule has 1 saturated heterocycles. The SMILES string of the molecule is C[C@H]1C[C@H]2[C@@H]3CCC4=CC(=O)C=C[C@]4(C)[C@@]34O[C@@H]4C[C@]2(C)[C@@]1(O)C(=O)CO. The molecule has 5 nitrogen and oxygen atoms in total. The standard InChI is InChI=1S/C22H28O5/c1-12-8-16-15-5-4-13-9-14(24)6-7-19(13,2)22(15)18(27-22)10-20(16,3)21(12,26)17(25)11-23/h6-7,9,12,15-16,18,23,26H,4-5,8,10-11H2,1-3H3/t12-,15-,16-,18+,19-,20-,21-,22+/m0/s1. The molecule has 1 spiro atoms. The zero-order chi connectivity index (χ0) is 19.4. The Morgan fingerprint density at radius 3 is 2.78 bits per heavy atom. The molecule has 0 aromatic carbocycles. The molecular formula is C22H28O5. The molecule has 1 aliphatic heterocycles. The topological polar surface area (TPSA) is 87.1 Å². The molecule has 0 aromatic heterocycles. The van der Waals surface area contributed by atoms with Gasteiger partial charge in [0.15, 0.2) is 11.6 Å². The summed E-state index contributed by atoms with van der Waals surface area (Å²) in [6, 6.07) is 0. The monoisotopic (exact) mass is 372 g/mol. The minimum atomic E-state index is -1.50. The van der Waals surface area contributed by atoms with Crippen molar-refractivity contribution >= 4 is 11.6 Å². The van der Waals surface area contributed by atoms with Crippen LogP contribution in [-0.2, 0) is 14.3 Å². The van der Waals surface area contributed by atoms with E-state index in [1.165, 1.54) is 0 Å². The lowest BCUT2D eigenvalue weighted by Crippen LogP contribution is -2.62. The molecule has 4 aliphatic carbocycles. The fourth-order valence-electron chi connectivity index (χ4n) is 7.70. The van der Waals surface area contributed by atoms with E-state index in [2.05, 4.69) is 6.92 Å². The number of hydrogen-bond donors (Lipinski definition) is 2. The average Bonchev–Trinajstić information content (AvgIpc) is 3.31. The maximum Gasteiger partial charge on any atom is 0.190 e. The average molecular weight is 372 g/mol. The van der Waals surface area contributed by atoms with Gasteiger partial charge in [0.2, 0.25) is 0 Å². The number of hydrogen-bond acceptors (Lipinski definition) is 5. The minimum absolute atomic E-state index is 0.0291. The van der Waals surface area contributed by atoms with E-state index in [1.54, 1.807) is 12.2 Å². The Morgan fingerprint density at radius 1 is 1.33 bits per heavy atom. The fourth-order valence-corrected chi connectivity index (χ4v) is 7.70. The number of carbonyl (C=O) groups excluding carboxylic acids is 2. The lowest BCUT2D eigenvalue weighted by molar-refractivity contribution is -0.165. The van der Waals surface area contributed by atoms with Crippen molar-refractivity contribution in [2.24, 2.45) is 28.6 Å². The van der Waals surface area contributed by atoms with Gasteiger partial charge in [-0.1, -0.05) is 25.5 Å². The van der Waals surface area contributed by atoms with Gasteiger partial charge in [0.05, 0.1) is 6.10 Å². The third-order valence-corrected chi connectivity index (χ3v) is 9.08. The number of allylic oxidation sites excluding steroid dienone is 2. The second kappa shape index (κ2) is 5.00. The summed E-state index contributed by atoms with van der Waals surface area (Å²) in [6.45, 7) is 5.51. The lowest BCUT2D eigenvalue weighted by Gasteiger charge is -2.55. The molecule has 4 fully saturated rings. The van der Waals surface area contributed by atoms with Gasteiger partial charge >= 0.3 is 0 Å². The van der Waals surface area contributed by atoms with Crippen LogP contribution in [0.2, 0.25) is 0 Å². The zero-order valence-corrected chi connectivity index (χ0v) is 16.2. The maximum atomic E-state index is 12.6. The van der Waals surface area contributed by atoms with Crippen LogP contribution in [0.4, 0.5) is 0 Å². The Morgan fingerprint density at radius 2 is 2.07 bits per heavy atom. The second-order valence-electron chi connectivity index (χ2n) is 9.86. The van der Waals surface area contributed by atoms with Crippen molar-refractivity contribution in [1.82, 2.24) is 0 Å². The van der Waals surface area contributed by atoms with Crippen molar-refractivity contribution in [3.05, 3.63) is 23.8 Å². The van der Waals surface area contributed by atoms with Gasteiger partial charge in [-0.25, -0.2) is 0 Å². The number of fused-ring (bicyclic) bond motifs is 3. The van der Waals surface area contributed by atoms with Gasteiger partial charge in [-0.15, -0.1) is 0 Å². The fraction of sp³-hybridized carbons (Fsp3) is 0.727. The number of carbonyl (C=O) groups is 2. The number of ether oxygens (including phenoxy) is 1. The number of rotatable bonds is 2. The Kier molecular flexibility index (Phi) is 3.29. The van der Waals surface area contributed by atoms with Gasteiger partial charge in [-0.05, 0) is 62.5 Å². The van der Waals surface area contributed by atoms with Crippen LogP contribution >= 0.6 is 0 Å². The maximum absolute atomic E-state index is 12.6. The third kappa shape index (κ3) is 1.73. The van der Waals surface area contributed by atoms with Gasteiger partial charge in [-0.2, -0.15) is 0 Å². The zero-order valence-electron chi connectivity index (χ0n) is 16.2. The van der Waals surface area contributed by atoms with Crippen molar-refractivity contribution < 1.29 is 24.5 Å². The quantitative estimate of drug-likeness (QED) is 0.724. The van der Waals surface area contributed by atoms with Crippen molar-refractivity contribution in [1.29, 1.82) is 0 Å². The van der Waals surface area contributed by atoms with Gasteiger partial charge in [-0.3, -0.25) is 9.59 Å². The molecule has 27 heavy (non-hydrogen) atoms. The summed E-state index contributed by atoms with van der Waals surface area (Å²) in [7, 11) is 0. The highest BCUT2D eigenvalue weighted by Gasteiger charge is 2.81. The number of Topliss-reactive ketones (excluding diaryl/α,β-unsaturated/α-hetero) is 1. The first-order chi connectivity index (χ1) is 12.6. The van der Waals surface area contributed by atoms with Crippen molar-refractivity contribution in [3.8, 4) is 0 Å². The lowest BCUT2D eigenvalue weighted by atomic mass is 9.46. The molecule has 1 heterocycles. The van der Waals surface area contributed by atoms with Crippen LogP contribution in [0.5, 0.6) is 0 Å². The van der Waals surface area contributed by atoms with Crippen LogP contribution in [0, 0.1) is 28.6 Å². The van der Waals surface area contributed by atoms with E-state index in [1.807, 2.05) is 19.9 Å². The van der Waals surface area contributed by atoms with Crippen LogP contribution < -0.4 is 0 Å². The highest BCUT2D eigenvalue weighted by molar-refractivity contribution is 6.01. The molecule has 5 rings (SSSR count). The molecule has 0 bridgehead atoms. The molecule has 5 heteroatoms.